The number of hydrogen-bond acceptors (Lipinski definition) is 7. The number of hydrogen-bond donors (Lipinski definition) is 4. The summed E-state index contributed by atoms with van der Waals surface area (Å²) in [7, 11) is 0. The zero-order valence-electron chi connectivity index (χ0n) is 15.7. The van der Waals surface area contributed by atoms with E-state index in [0.717, 1.165) is 41.5 Å². The molecule has 0 saturated carbocycles. The lowest BCUT2D eigenvalue weighted by molar-refractivity contribution is 0.0705. The second kappa shape index (κ2) is 8.59. The molecular weight excluding hydrogens is 392 g/mol. The minimum Gasteiger partial charge on any atom is -0.382 e. The highest BCUT2D eigenvalue weighted by Crippen LogP contribution is 2.34. The molecule has 3 aromatic rings. The number of fused-ring (bicyclic) bond motifs is 2. The molecule has 1 aromatic carbocycles. The average molecular weight is 413 g/mol. The molecular formula is C20H21ClN6O2. The number of benzene rings is 1. The van der Waals surface area contributed by atoms with Gasteiger partial charge < -0.3 is 10.6 Å². The third kappa shape index (κ3) is 4.23. The van der Waals surface area contributed by atoms with E-state index in [4.69, 9.17) is 21.8 Å². The maximum absolute atomic E-state index is 11.3. The van der Waals surface area contributed by atoms with Gasteiger partial charge in [-0.3, -0.25) is 15.0 Å². The zero-order chi connectivity index (χ0) is 20.2. The summed E-state index contributed by atoms with van der Waals surface area (Å²) >= 11 is 6.17. The van der Waals surface area contributed by atoms with Gasteiger partial charge in [0.2, 0.25) is 5.95 Å². The predicted octanol–water partition coefficient (Wildman–Crippen LogP) is 3.20. The summed E-state index contributed by atoms with van der Waals surface area (Å²) in [5.41, 5.74) is 6.22. The van der Waals surface area contributed by atoms with Crippen LogP contribution in [-0.4, -0.2) is 39.2 Å². The fourth-order valence-electron chi connectivity index (χ4n) is 3.56. The Hall–Kier alpha value is -2.97. The Kier molecular flexibility index (Phi) is 5.73. The SMILES string of the molecule is O=C(NO)c1cnc(NCCNc2c3c(nc4cc(Cl)ccc24)CCCC3)nc1. The van der Waals surface area contributed by atoms with E-state index < -0.39 is 5.91 Å². The molecule has 4 rings (SSSR count). The van der Waals surface area contributed by atoms with Crippen LogP contribution in [0.2, 0.25) is 5.02 Å². The van der Waals surface area contributed by atoms with Gasteiger partial charge in [-0.05, 0) is 49.4 Å². The molecule has 1 aliphatic rings. The third-order valence-corrected chi connectivity index (χ3v) is 5.19. The lowest BCUT2D eigenvalue weighted by atomic mass is 9.92. The fourth-order valence-corrected chi connectivity index (χ4v) is 3.73. The molecule has 2 heterocycles. The summed E-state index contributed by atoms with van der Waals surface area (Å²) in [6, 6.07) is 5.82. The number of hydroxylamine groups is 1. The number of aryl methyl sites for hydroxylation is 1. The molecule has 29 heavy (non-hydrogen) atoms. The van der Waals surface area contributed by atoms with Gasteiger partial charge in [0.25, 0.3) is 5.91 Å². The largest absolute Gasteiger partial charge is 0.382 e. The summed E-state index contributed by atoms with van der Waals surface area (Å²) < 4.78 is 0. The number of pyridine rings is 1. The first-order chi connectivity index (χ1) is 14.2. The summed E-state index contributed by atoms with van der Waals surface area (Å²) in [4.78, 5) is 24.3. The monoisotopic (exact) mass is 412 g/mol. The van der Waals surface area contributed by atoms with Crippen LogP contribution in [-0.2, 0) is 12.8 Å². The van der Waals surface area contributed by atoms with Crippen LogP contribution in [0, 0.1) is 0 Å². The number of carbonyl (C=O) groups is 1. The number of carbonyl (C=O) groups excluding carboxylic acids is 1. The van der Waals surface area contributed by atoms with Gasteiger partial charge in [0.15, 0.2) is 0 Å². The topological polar surface area (TPSA) is 112 Å². The Balaban J connectivity index is 1.46. The van der Waals surface area contributed by atoms with E-state index in [0.29, 0.717) is 24.1 Å². The van der Waals surface area contributed by atoms with Gasteiger partial charge in [-0.15, -0.1) is 0 Å². The maximum Gasteiger partial charge on any atom is 0.277 e. The van der Waals surface area contributed by atoms with Crippen LogP contribution in [0.1, 0.15) is 34.5 Å². The van der Waals surface area contributed by atoms with Gasteiger partial charge in [0.05, 0.1) is 11.1 Å². The number of aromatic nitrogens is 3. The van der Waals surface area contributed by atoms with Crippen molar-refractivity contribution >= 4 is 40.0 Å². The number of nitrogens with zero attached hydrogens (tertiary/aromatic N) is 3. The molecule has 2 aromatic heterocycles. The van der Waals surface area contributed by atoms with Crippen molar-refractivity contribution in [2.24, 2.45) is 0 Å². The van der Waals surface area contributed by atoms with Gasteiger partial charge in [-0.1, -0.05) is 11.6 Å². The average Bonchev–Trinajstić information content (AvgIpc) is 2.75. The number of nitrogens with one attached hydrogen (secondary N) is 3. The first-order valence-electron chi connectivity index (χ1n) is 9.51. The third-order valence-electron chi connectivity index (χ3n) is 4.95. The highest BCUT2D eigenvalue weighted by atomic mass is 35.5. The van der Waals surface area contributed by atoms with Crippen molar-refractivity contribution < 1.29 is 10.0 Å². The number of rotatable bonds is 6. The minimum atomic E-state index is -0.646. The van der Waals surface area contributed by atoms with E-state index in [1.807, 2.05) is 18.2 Å². The summed E-state index contributed by atoms with van der Waals surface area (Å²) in [5.74, 6) is -0.234. The van der Waals surface area contributed by atoms with Crippen LogP contribution >= 0.6 is 11.6 Å². The van der Waals surface area contributed by atoms with E-state index in [-0.39, 0.29) is 5.56 Å². The highest BCUT2D eigenvalue weighted by molar-refractivity contribution is 6.31. The maximum atomic E-state index is 11.3. The summed E-state index contributed by atoms with van der Waals surface area (Å²) in [6.07, 6.45) is 7.05. The number of halogens is 1. The molecule has 0 radical (unpaired) electrons. The Labute approximate surface area is 172 Å². The van der Waals surface area contributed by atoms with Gasteiger partial charge in [0.1, 0.15) is 0 Å². The van der Waals surface area contributed by atoms with Crippen LogP contribution in [0.4, 0.5) is 11.6 Å². The van der Waals surface area contributed by atoms with Crippen molar-refractivity contribution in [3.05, 3.63) is 52.4 Å². The molecule has 1 amide bonds. The van der Waals surface area contributed by atoms with Crippen LogP contribution in [0.5, 0.6) is 0 Å². The van der Waals surface area contributed by atoms with Gasteiger partial charge in [-0.25, -0.2) is 15.4 Å². The van der Waals surface area contributed by atoms with E-state index in [1.165, 1.54) is 24.4 Å². The van der Waals surface area contributed by atoms with E-state index in [2.05, 4.69) is 20.6 Å². The highest BCUT2D eigenvalue weighted by Gasteiger charge is 2.18. The van der Waals surface area contributed by atoms with E-state index in [1.54, 1.807) is 5.48 Å². The molecule has 4 N–H and O–H groups in total. The van der Waals surface area contributed by atoms with Crippen molar-refractivity contribution in [3.8, 4) is 0 Å². The number of anilines is 2. The molecule has 0 aliphatic heterocycles. The Morgan fingerprint density at radius 3 is 2.66 bits per heavy atom. The predicted molar refractivity (Wildman–Crippen MR) is 112 cm³/mol. The smallest absolute Gasteiger partial charge is 0.277 e. The van der Waals surface area contributed by atoms with Gasteiger partial charge >= 0.3 is 0 Å². The molecule has 0 bridgehead atoms. The fraction of sp³-hybridized carbons (Fsp3) is 0.300. The van der Waals surface area contributed by atoms with Crippen molar-refractivity contribution in [2.45, 2.75) is 25.7 Å². The number of amides is 1. The normalized spacial score (nSPS) is 13.0. The van der Waals surface area contributed by atoms with Gasteiger partial charge in [-0.2, -0.15) is 0 Å². The van der Waals surface area contributed by atoms with Crippen molar-refractivity contribution in [1.82, 2.24) is 20.4 Å². The Morgan fingerprint density at radius 2 is 1.86 bits per heavy atom. The molecule has 150 valence electrons. The lowest BCUT2D eigenvalue weighted by Gasteiger charge is -2.22. The lowest BCUT2D eigenvalue weighted by Crippen LogP contribution is -2.20. The second-order valence-electron chi connectivity index (χ2n) is 6.87. The zero-order valence-corrected chi connectivity index (χ0v) is 16.5. The Morgan fingerprint density at radius 1 is 1.10 bits per heavy atom. The first-order valence-corrected chi connectivity index (χ1v) is 9.89. The molecule has 8 nitrogen and oxygen atoms in total. The molecule has 0 unspecified atom stereocenters. The molecule has 0 fully saturated rings. The summed E-state index contributed by atoms with van der Waals surface area (Å²) in [6.45, 7) is 1.26. The molecule has 0 spiro atoms. The Bertz CT molecular complexity index is 1040. The van der Waals surface area contributed by atoms with Crippen LogP contribution in [0.3, 0.4) is 0 Å². The van der Waals surface area contributed by atoms with Crippen LogP contribution < -0.4 is 16.1 Å². The first kappa shape index (κ1) is 19.4. The minimum absolute atomic E-state index is 0.185. The van der Waals surface area contributed by atoms with Crippen molar-refractivity contribution in [3.63, 3.8) is 0 Å². The molecule has 0 saturated heterocycles. The van der Waals surface area contributed by atoms with Crippen molar-refractivity contribution in [1.29, 1.82) is 0 Å². The van der Waals surface area contributed by atoms with Crippen LogP contribution in [0.15, 0.2) is 30.6 Å². The molecule has 9 heteroatoms. The van der Waals surface area contributed by atoms with Gasteiger partial charge in [0, 0.05) is 47.3 Å². The standard InChI is InChI=1S/C20H21ClN6O2/c21-13-5-6-15-17(9-13)26-16-4-2-1-3-14(16)18(15)22-7-8-23-20-24-10-12(11-25-20)19(28)27-29/h5-6,9-11,29H,1-4,7-8H2,(H,22,26)(H,27,28)(H,23,24,25). The quantitative estimate of drug-likeness (QED) is 0.279. The van der Waals surface area contributed by atoms with E-state index >= 15 is 0 Å². The molecule has 0 atom stereocenters. The molecule has 1 aliphatic carbocycles. The van der Waals surface area contributed by atoms with Crippen LogP contribution in [0.25, 0.3) is 10.9 Å². The van der Waals surface area contributed by atoms with E-state index in [9.17, 15) is 4.79 Å². The second-order valence-corrected chi connectivity index (χ2v) is 7.31. The summed E-state index contributed by atoms with van der Waals surface area (Å²) in [5, 5.41) is 17.0. The van der Waals surface area contributed by atoms with Crippen molar-refractivity contribution in [2.75, 3.05) is 23.7 Å².